The van der Waals surface area contributed by atoms with Crippen molar-refractivity contribution in [3.63, 3.8) is 0 Å². The number of nitrogens with two attached hydrogens (primary N) is 1. The molecule has 0 saturated carbocycles. The predicted molar refractivity (Wildman–Crippen MR) is 86.2 cm³/mol. The summed E-state index contributed by atoms with van der Waals surface area (Å²) >= 11 is 6.38. The Morgan fingerprint density at radius 2 is 2.00 bits per heavy atom. The minimum absolute atomic E-state index is 0.184. The van der Waals surface area contributed by atoms with E-state index in [4.69, 9.17) is 17.3 Å². The zero-order valence-electron chi connectivity index (χ0n) is 12.5. The van der Waals surface area contributed by atoms with Crippen molar-refractivity contribution < 1.29 is 0 Å². The van der Waals surface area contributed by atoms with Crippen molar-refractivity contribution in [2.24, 2.45) is 5.73 Å². The lowest BCUT2D eigenvalue weighted by atomic mass is 10.0. The SMILES string of the molecule is CCCCN(CC)c1cccc(Cl)c1CC(N)CC. The van der Waals surface area contributed by atoms with E-state index >= 15 is 0 Å². The number of rotatable bonds is 8. The lowest BCUT2D eigenvalue weighted by Crippen LogP contribution is -2.27. The van der Waals surface area contributed by atoms with E-state index in [1.807, 2.05) is 12.1 Å². The van der Waals surface area contributed by atoms with Gasteiger partial charge in [0.1, 0.15) is 0 Å². The van der Waals surface area contributed by atoms with Crippen molar-refractivity contribution in [1.82, 2.24) is 0 Å². The summed E-state index contributed by atoms with van der Waals surface area (Å²) in [5.41, 5.74) is 8.57. The van der Waals surface area contributed by atoms with Gasteiger partial charge >= 0.3 is 0 Å². The Hall–Kier alpha value is -0.730. The minimum atomic E-state index is 0.184. The van der Waals surface area contributed by atoms with Crippen LogP contribution < -0.4 is 10.6 Å². The van der Waals surface area contributed by atoms with Gasteiger partial charge in [-0.3, -0.25) is 0 Å². The number of hydrogen-bond acceptors (Lipinski definition) is 2. The van der Waals surface area contributed by atoms with Gasteiger partial charge in [-0.05, 0) is 43.9 Å². The quantitative estimate of drug-likeness (QED) is 0.772. The molecule has 0 spiro atoms. The minimum Gasteiger partial charge on any atom is -0.372 e. The topological polar surface area (TPSA) is 29.3 Å². The van der Waals surface area contributed by atoms with Crippen LogP contribution in [0.25, 0.3) is 0 Å². The van der Waals surface area contributed by atoms with Crippen LogP contribution in [0.2, 0.25) is 5.02 Å². The van der Waals surface area contributed by atoms with Crippen LogP contribution in [0.3, 0.4) is 0 Å². The molecule has 1 atom stereocenters. The molecule has 19 heavy (non-hydrogen) atoms. The molecule has 0 aliphatic rings. The first-order chi connectivity index (χ1) is 9.13. The molecule has 0 aliphatic heterocycles. The van der Waals surface area contributed by atoms with Crippen LogP contribution in [0, 0.1) is 0 Å². The summed E-state index contributed by atoms with van der Waals surface area (Å²) in [5, 5.41) is 0.844. The Balaban J connectivity index is 3.00. The summed E-state index contributed by atoms with van der Waals surface area (Å²) in [7, 11) is 0. The molecule has 1 aromatic carbocycles. The molecule has 0 aliphatic carbocycles. The van der Waals surface area contributed by atoms with Crippen molar-refractivity contribution in [3.05, 3.63) is 28.8 Å². The smallest absolute Gasteiger partial charge is 0.0459 e. The fourth-order valence-corrected chi connectivity index (χ4v) is 2.50. The number of benzene rings is 1. The first kappa shape index (κ1) is 16.3. The van der Waals surface area contributed by atoms with Gasteiger partial charge in [-0.2, -0.15) is 0 Å². The van der Waals surface area contributed by atoms with Crippen molar-refractivity contribution in [2.75, 3.05) is 18.0 Å². The predicted octanol–water partition coefficient (Wildman–Crippen LogP) is 4.25. The average Bonchev–Trinajstić information content (AvgIpc) is 2.42. The molecule has 0 heterocycles. The Kier molecular flexibility index (Phi) is 7.25. The van der Waals surface area contributed by atoms with E-state index in [1.165, 1.54) is 24.1 Å². The van der Waals surface area contributed by atoms with Gasteiger partial charge in [-0.25, -0.2) is 0 Å². The van der Waals surface area contributed by atoms with Crippen molar-refractivity contribution in [3.8, 4) is 0 Å². The maximum Gasteiger partial charge on any atom is 0.0459 e. The fraction of sp³-hybridized carbons (Fsp3) is 0.625. The van der Waals surface area contributed by atoms with Gasteiger partial charge in [0, 0.05) is 29.8 Å². The van der Waals surface area contributed by atoms with Gasteiger partial charge in [0.2, 0.25) is 0 Å². The molecule has 0 aromatic heterocycles. The van der Waals surface area contributed by atoms with Gasteiger partial charge in [0.25, 0.3) is 0 Å². The molecule has 0 saturated heterocycles. The molecule has 1 aromatic rings. The van der Waals surface area contributed by atoms with Gasteiger partial charge in [-0.1, -0.05) is 37.9 Å². The molecule has 1 unspecified atom stereocenters. The van der Waals surface area contributed by atoms with Crippen LogP contribution in [0.4, 0.5) is 5.69 Å². The summed E-state index contributed by atoms with van der Waals surface area (Å²) in [6.07, 6.45) is 4.25. The lowest BCUT2D eigenvalue weighted by Gasteiger charge is -2.27. The molecule has 2 N–H and O–H groups in total. The Morgan fingerprint density at radius 3 is 2.58 bits per heavy atom. The first-order valence-corrected chi connectivity index (χ1v) is 7.79. The molecule has 0 amide bonds. The second-order valence-electron chi connectivity index (χ2n) is 5.04. The standard InChI is InChI=1S/C16H27ClN2/c1-4-7-11-19(6-3)16-10-8-9-15(17)14(16)12-13(18)5-2/h8-10,13H,4-7,11-12,18H2,1-3H3. The van der Waals surface area contributed by atoms with Gasteiger partial charge < -0.3 is 10.6 Å². The van der Waals surface area contributed by atoms with E-state index in [9.17, 15) is 0 Å². The second kappa shape index (κ2) is 8.44. The van der Waals surface area contributed by atoms with Crippen LogP contribution in [0.5, 0.6) is 0 Å². The Labute approximate surface area is 122 Å². The molecule has 3 heteroatoms. The molecule has 2 nitrogen and oxygen atoms in total. The second-order valence-corrected chi connectivity index (χ2v) is 5.45. The fourth-order valence-electron chi connectivity index (χ4n) is 2.25. The summed E-state index contributed by atoms with van der Waals surface area (Å²) in [6, 6.07) is 6.36. The molecule has 0 bridgehead atoms. The third-order valence-corrected chi connectivity index (χ3v) is 3.94. The zero-order valence-corrected chi connectivity index (χ0v) is 13.2. The van der Waals surface area contributed by atoms with E-state index < -0.39 is 0 Å². The van der Waals surface area contributed by atoms with E-state index in [-0.39, 0.29) is 6.04 Å². The highest BCUT2D eigenvalue weighted by Crippen LogP contribution is 2.29. The lowest BCUT2D eigenvalue weighted by molar-refractivity contribution is 0.642. The average molecular weight is 283 g/mol. The van der Waals surface area contributed by atoms with E-state index in [0.717, 1.165) is 31.0 Å². The maximum absolute atomic E-state index is 6.38. The van der Waals surface area contributed by atoms with Crippen LogP contribution in [0.15, 0.2) is 18.2 Å². The normalized spacial score (nSPS) is 12.5. The van der Waals surface area contributed by atoms with Crippen LogP contribution in [-0.4, -0.2) is 19.1 Å². The maximum atomic E-state index is 6.38. The van der Waals surface area contributed by atoms with E-state index in [1.54, 1.807) is 0 Å². The number of halogens is 1. The molecule has 0 radical (unpaired) electrons. The van der Waals surface area contributed by atoms with Crippen LogP contribution in [-0.2, 0) is 6.42 Å². The molecule has 108 valence electrons. The summed E-state index contributed by atoms with van der Waals surface area (Å²) in [6.45, 7) is 8.63. The summed E-state index contributed by atoms with van der Waals surface area (Å²) in [4.78, 5) is 2.41. The number of nitrogens with zero attached hydrogens (tertiary/aromatic N) is 1. The molecular formula is C16H27ClN2. The molecule has 1 rings (SSSR count). The molecule has 0 fully saturated rings. The highest BCUT2D eigenvalue weighted by atomic mass is 35.5. The Bertz CT molecular complexity index is 379. The van der Waals surface area contributed by atoms with Gasteiger partial charge in [0.15, 0.2) is 0 Å². The van der Waals surface area contributed by atoms with Crippen LogP contribution >= 0.6 is 11.6 Å². The van der Waals surface area contributed by atoms with Crippen LogP contribution in [0.1, 0.15) is 45.6 Å². The number of unbranched alkanes of at least 4 members (excludes halogenated alkanes) is 1. The van der Waals surface area contributed by atoms with Gasteiger partial charge in [0.05, 0.1) is 0 Å². The van der Waals surface area contributed by atoms with E-state index in [0.29, 0.717) is 0 Å². The molecular weight excluding hydrogens is 256 g/mol. The highest BCUT2D eigenvalue weighted by molar-refractivity contribution is 6.31. The highest BCUT2D eigenvalue weighted by Gasteiger charge is 2.14. The zero-order chi connectivity index (χ0) is 14.3. The largest absolute Gasteiger partial charge is 0.372 e. The third-order valence-electron chi connectivity index (χ3n) is 3.59. The Morgan fingerprint density at radius 1 is 1.26 bits per heavy atom. The van der Waals surface area contributed by atoms with Crippen molar-refractivity contribution in [1.29, 1.82) is 0 Å². The number of hydrogen-bond donors (Lipinski definition) is 1. The third kappa shape index (κ3) is 4.70. The van der Waals surface area contributed by atoms with Crippen molar-refractivity contribution >= 4 is 17.3 Å². The first-order valence-electron chi connectivity index (χ1n) is 7.41. The summed E-state index contributed by atoms with van der Waals surface area (Å²) in [5.74, 6) is 0. The van der Waals surface area contributed by atoms with Gasteiger partial charge in [-0.15, -0.1) is 0 Å². The monoisotopic (exact) mass is 282 g/mol. The van der Waals surface area contributed by atoms with Crippen molar-refractivity contribution in [2.45, 2.75) is 52.5 Å². The van der Waals surface area contributed by atoms with E-state index in [2.05, 4.69) is 31.7 Å². The number of anilines is 1. The summed E-state index contributed by atoms with van der Waals surface area (Å²) < 4.78 is 0.